The number of anilines is 1. The van der Waals surface area contributed by atoms with E-state index in [9.17, 15) is 14.7 Å². The first-order valence-corrected chi connectivity index (χ1v) is 14.4. The number of benzene rings is 3. The third-order valence-electron chi connectivity index (χ3n) is 6.09. The number of ketones is 1. The average Bonchev–Trinajstić information content (AvgIpc) is 3.65. The van der Waals surface area contributed by atoms with Crippen molar-refractivity contribution >= 4 is 73.5 Å². The number of aliphatic hydroxyl groups excluding tert-OH is 1. The smallest absolute Gasteiger partial charge is 0.296 e. The van der Waals surface area contributed by atoms with Crippen molar-refractivity contribution in [3.05, 3.63) is 117 Å². The fourth-order valence-corrected chi connectivity index (χ4v) is 6.48. The van der Waals surface area contributed by atoms with Gasteiger partial charge in [-0.05, 0) is 58.0 Å². The molecule has 38 heavy (non-hydrogen) atoms. The molecular formula is C28H18IN3O4S2. The predicted molar refractivity (Wildman–Crippen MR) is 155 cm³/mol. The number of carbonyl (C=O) groups excluding carboxylic acids is 2. The van der Waals surface area contributed by atoms with Crippen molar-refractivity contribution in [2.45, 2.75) is 16.1 Å². The molecular weight excluding hydrogens is 633 g/mol. The summed E-state index contributed by atoms with van der Waals surface area (Å²) in [4.78, 5) is 28.5. The summed E-state index contributed by atoms with van der Waals surface area (Å²) in [5.74, 6) is -1.13. The highest BCUT2D eigenvalue weighted by molar-refractivity contribution is 14.1. The highest BCUT2D eigenvalue weighted by atomic mass is 127. The Kier molecular flexibility index (Phi) is 6.76. The van der Waals surface area contributed by atoms with Crippen LogP contribution in [0.3, 0.4) is 0 Å². The summed E-state index contributed by atoms with van der Waals surface area (Å²) in [7, 11) is 0. The van der Waals surface area contributed by atoms with Crippen LogP contribution in [0.2, 0.25) is 0 Å². The van der Waals surface area contributed by atoms with Gasteiger partial charge in [-0.15, -0.1) is 10.2 Å². The Labute approximate surface area is 239 Å². The van der Waals surface area contributed by atoms with Gasteiger partial charge in [-0.1, -0.05) is 83.8 Å². The number of thioether (sulfide) groups is 1. The molecule has 7 nitrogen and oxygen atoms in total. The molecule has 0 saturated heterocycles. The number of aromatic nitrogens is 2. The molecule has 1 amide bonds. The average molecular weight is 652 g/mol. The van der Waals surface area contributed by atoms with E-state index in [0.29, 0.717) is 26.4 Å². The van der Waals surface area contributed by atoms with Crippen molar-refractivity contribution in [2.24, 2.45) is 0 Å². The van der Waals surface area contributed by atoms with E-state index >= 15 is 0 Å². The summed E-state index contributed by atoms with van der Waals surface area (Å²) >= 11 is 4.94. The zero-order valence-corrected chi connectivity index (χ0v) is 23.4. The van der Waals surface area contributed by atoms with Crippen molar-refractivity contribution in [2.75, 3.05) is 4.90 Å². The lowest BCUT2D eigenvalue weighted by Crippen LogP contribution is -2.31. The minimum Gasteiger partial charge on any atom is -0.503 e. The Bertz CT molecular complexity index is 1660. The highest BCUT2D eigenvalue weighted by Crippen LogP contribution is 2.44. The van der Waals surface area contributed by atoms with Gasteiger partial charge >= 0.3 is 0 Å². The number of amides is 1. The fourth-order valence-electron chi connectivity index (χ4n) is 4.30. The SMILES string of the molecule is O=C(C1=C(O)C(=O)N(c2nnc(SCc3ccccc3)s2)C1c1ccc(I)cc1)c1cc2ccccc2o1. The Morgan fingerprint density at radius 2 is 1.76 bits per heavy atom. The maximum Gasteiger partial charge on any atom is 0.296 e. The number of halogens is 1. The number of furan rings is 1. The predicted octanol–water partition coefficient (Wildman–Crippen LogP) is 6.96. The lowest BCUT2D eigenvalue weighted by Gasteiger charge is -2.23. The largest absolute Gasteiger partial charge is 0.503 e. The quantitative estimate of drug-likeness (QED) is 0.0880. The Morgan fingerprint density at radius 1 is 1.03 bits per heavy atom. The standard InChI is InChI=1S/C28H18IN3O4S2/c29-19-12-10-17(11-13-19)23-22(24(33)21-14-18-8-4-5-9-20(18)36-21)25(34)26(35)32(23)27-30-31-28(38-27)37-15-16-6-2-1-3-7-16/h1-14,23,34H,15H2. The van der Waals surface area contributed by atoms with E-state index in [1.807, 2.05) is 72.8 Å². The first-order chi connectivity index (χ1) is 18.5. The molecule has 0 saturated carbocycles. The number of hydrogen-bond donors (Lipinski definition) is 1. The van der Waals surface area contributed by atoms with Gasteiger partial charge in [0.15, 0.2) is 15.9 Å². The van der Waals surface area contributed by atoms with Crippen LogP contribution < -0.4 is 4.90 Å². The van der Waals surface area contributed by atoms with Crippen LogP contribution in [0, 0.1) is 3.57 Å². The molecule has 1 aliphatic heterocycles. The van der Waals surface area contributed by atoms with Crippen LogP contribution in [0.1, 0.15) is 27.7 Å². The number of aliphatic hydroxyl groups is 1. The van der Waals surface area contributed by atoms with Crippen molar-refractivity contribution < 1.29 is 19.1 Å². The van der Waals surface area contributed by atoms with Crippen LogP contribution in [-0.2, 0) is 10.5 Å². The molecule has 188 valence electrons. The second-order valence-corrected chi connectivity index (χ2v) is 11.9. The van der Waals surface area contributed by atoms with Gasteiger partial charge in [-0.25, -0.2) is 0 Å². The van der Waals surface area contributed by atoms with Crippen LogP contribution in [0.25, 0.3) is 11.0 Å². The zero-order chi connectivity index (χ0) is 26.2. The van der Waals surface area contributed by atoms with Crippen LogP contribution in [0.4, 0.5) is 5.13 Å². The van der Waals surface area contributed by atoms with Gasteiger partial charge in [-0.3, -0.25) is 14.5 Å². The summed E-state index contributed by atoms with van der Waals surface area (Å²) < 4.78 is 7.47. The minimum atomic E-state index is -0.889. The van der Waals surface area contributed by atoms with E-state index in [2.05, 4.69) is 32.8 Å². The molecule has 0 spiro atoms. The lowest BCUT2D eigenvalue weighted by atomic mass is 9.95. The van der Waals surface area contributed by atoms with E-state index in [-0.39, 0.29) is 11.3 Å². The number of hydrogen-bond acceptors (Lipinski definition) is 8. The van der Waals surface area contributed by atoms with Crippen molar-refractivity contribution in [1.82, 2.24) is 10.2 Å². The molecule has 1 aliphatic rings. The summed E-state index contributed by atoms with van der Waals surface area (Å²) in [5, 5.41) is 20.6. The van der Waals surface area contributed by atoms with Gasteiger partial charge in [0.25, 0.3) is 5.91 Å². The Balaban J connectivity index is 1.37. The number of nitrogens with zero attached hydrogens (tertiary/aromatic N) is 3. The molecule has 3 aromatic carbocycles. The number of carbonyl (C=O) groups is 2. The Hall–Kier alpha value is -3.48. The third-order valence-corrected chi connectivity index (χ3v) is 8.94. The molecule has 0 radical (unpaired) electrons. The van der Waals surface area contributed by atoms with Gasteiger partial charge < -0.3 is 9.52 Å². The molecule has 2 aromatic heterocycles. The zero-order valence-electron chi connectivity index (χ0n) is 19.6. The molecule has 0 bridgehead atoms. The van der Waals surface area contributed by atoms with Crippen molar-refractivity contribution in [3.63, 3.8) is 0 Å². The van der Waals surface area contributed by atoms with Gasteiger partial charge in [-0.2, -0.15) is 0 Å². The van der Waals surface area contributed by atoms with Gasteiger partial charge in [0.2, 0.25) is 10.9 Å². The molecule has 1 unspecified atom stereocenters. The first-order valence-electron chi connectivity index (χ1n) is 11.6. The topological polar surface area (TPSA) is 96.5 Å². The molecule has 0 fully saturated rings. The Morgan fingerprint density at radius 3 is 2.53 bits per heavy atom. The summed E-state index contributed by atoms with van der Waals surface area (Å²) in [5.41, 5.74) is 2.30. The van der Waals surface area contributed by atoms with Crippen LogP contribution in [0.15, 0.2) is 105 Å². The van der Waals surface area contributed by atoms with Crippen LogP contribution >= 0.6 is 45.7 Å². The number of para-hydroxylation sites is 1. The lowest BCUT2D eigenvalue weighted by molar-refractivity contribution is -0.117. The van der Waals surface area contributed by atoms with E-state index in [1.54, 1.807) is 12.1 Å². The fraction of sp³-hybridized carbons (Fsp3) is 0.0714. The number of Topliss-reactive ketones (excluding diaryl/α,β-unsaturated/α-hetero) is 1. The van der Waals surface area contributed by atoms with Crippen molar-refractivity contribution in [1.29, 1.82) is 0 Å². The van der Waals surface area contributed by atoms with E-state index in [1.165, 1.54) is 28.0 Å². The van der Waals surface area contributed by atoms with Crippen LogP contribution in [-0.4, -0.2) is 27.0 Å². The summed E-state index contributed by atoms with van der Waals surface area (Å²) in [6, 6.07) is 25.4. The van der Waals surface area contributed by atoms with Gasteiger partial charge in [0, 0.05) is 14.7 Å². The molecule has 1 atom stereocenters. The van der Waals surface area contributed by atoms with Gasteiger partial charge in [0.1, 0.15) is 5.58 Å². The molecule has 1 N–H and O–H groups in total. The highest BCUT2D eigenvalue weighted by Gasteiger charge is 2.46. The monoisotopic (exact) mass is 651 g/mol. The van der Waals surface area contributed by atoms with E-state index < -0.39 is 23.5 Å². The molecule has 0 aliphatic carbocycles. The van der Waals surface area contributed by atoms with E-state index in [0.717, 1.165) is 14.5 Å². The molecule has 6 rings (SSSR count). The molecule has 5 aromatic rings. The summed E-state index contributed by atoms with van der Waals surface area (Å²) in [6.45, 7) is 0. The minimum absolute atomic E-state index is 0.0503. The maximum atomic E-state index is 13.7. The first kappa shape index (κ1) is 24.8. The molecule has 3 heterocycles. The second-order valence-electron chi connectivity index (χ2n) is 8.49. The van der Waals surface area contributed by atoms with Crippen LogP contribution in [0.5, 0.6) is 0 Å². The number of rotatable bonds is 7. The number of fused-ring (bicyclic) bond motifs is 1. The molecule has 10 heteroatoms. The summed E-state index contributed by atoms with van der Waals surface area (Å²) in [6.07, 6.45) is 0. The normalized spacial score (nSPS) is 15.6. The maximum absolute atomic E-state index is 13.7. The van der Waals surface area contributed by atoms with Gasteiger partial charge in [0.05, 0.1) is 11.6 Å². The van der Waals surface area contributed by atoms with E-state index in [4.69, 9.17) is 4.42 Å². The second kappa shape index (κ2) is 10.4. The third kappa shape index (κ3) is 4.63. The van der Waals surface area contributed by atoms with Crippen molar-refractivity contribution in [3.8, 4) is 0 Å².